The van der Waals surface area contributed by atoms with E-state index in [2.05, 4.69) is 0 Å². The van der Waals surface area contributed by atoms with Gasteiger partial charge in [0, 0.05) is 19.6 Å². The predicted octanol–water partition coefficient (Wildman–Crippen LogP) is 0.149. The van der Waals surface area contributed by atoms with Crippen LogP contribution in [0.25, 0.3) is 0 Å². The first kappa shape index (κ1) is 14.4. The van der Waals surface area contributed by atoms with Crippen LogP contribution in [-0.2, 0) is 14.6 Å². The molecule has 0 spiro atoms. The van der Waals surface area contributed by atoms with Crippen molar-refractivity contribution in [2.24, 2.45) is 5.73 Å². The second kappa shape index (κ2) is 5.82. The Morgan fingerprint density at radius 1 is 1.41 bits per heavy atom. The van der Waals surface area contributed by atoms with E-state index in [9.17, 15) is 13.2 Å². The maximum atomic E-state index is 12.0. The molecule has 0 aliphatic heterocycles. The van der Waals surface area contributed by atoms with Gasteiger partial charge in [0.1, 0.15) is 5.75 Å². The topological polar surface area (TPSA) is 80.5 Å². The molecular weight excluding hydrogens is 240 g/mol. The fraction of sp³-hybridized carbons (Fsp3) is 0.909. The minimum absolute atomic E-state index is 0.124. The van der Waals surface area contributed by atoms with Crippen LogP contribution >= 0.6 is 0 Å². The van der Waals surface area contributed by atoms with Crippen LogP contribution in [0.1, 0.15) is 32.6 Å². The average Bonchev–Trinajstić information content (AvgIpc) is 2.80. The van der Waals surface area contributed by atoms with E-state index in [-0.39, 0.29) is 23.0 Å². The van der Waals surface area contributed by atoms with Gasteiger partial charge in [0.2, 0.25) is 5.91 Å². The van der Waals surface area contributed by atoms with Gasteiger partial charge in [-0.3, -0.25) is 4.79 Å². The number of rotatable bonds is 5. The highest BCUT2D eigenvalue weighted by Gasteiger charge is 2.32. The Hall–Kier alpha value is -0.620. The molecule has 0 aromatic rings. The lowest BCUT2D eigenvalue weighted by atomic mass is 10.3. The highest BCUT2D eigenvalue weighted by atomic mass is 32.2. The molecule has 2 N–H and O–H groups in total. The number of hydrogen-bond acceptors (Lipinski definition) is 4. The molecule has 17 heavy (non-hydrogen) atoms. The number of carbonyl (C=O) groups excluding carboxylic acids is 1. The van der Waals surface area contributed by atoms with Crippen LogP contribution in [0.5, 0.6) is 0 Å². The molecule has 1 aliphatic rings. The summed E-state index contributed by atoms with van der Waals surface area (Å²) in [4.78, 5) is 13.2. The molecule has 0 saturated heterocycles. The minimum Gasteiger partial charge on any atom is -0.341 e. The van der Waals surface area contributed by atoms with Crippen molar-refractivity contribution in [1.82, 2.24) is 4.90 Å². The first-order chi connectivity index (χ1) is 7.88. The lowest BCUT2D eigenvalue weighted by molar-refractivity contribution is -0.128. The van der Waals surface area contributed by atoms with Gasteiger partial charge in [-0.2, -0.15) is 0 Å². The van der Waals surface area contributed by atoms with Crippen molar-refractivity contribution in [2.75, 3.05) is 19.3 Å². The highest BCUT2D eigenvalue weighted by Crippen LogP contribution is 2.25. The predicted molar refractivity (Wildman–Crippen MR) is 67.3 cm³/mol. The van der Waals surface area contributed by atoms with Crippen LogP contribution in [0.2, 0.25) is 0 Å². The van der Waals surface area contributed by atoms with Crippen LogP contribution in [0, 0.1) is 0 Å². The molecule has 0 radical (unpaired) electrons. The first-order valence-corrected chi connectivity index (χ1v) is 7.77. The van der Waals surface area contributed by atoms with Gasteiger partial charge in [0.05, 0.1) is 5.25 Å². The maximum absolute atomic E-state index is 12.0. The number of amides is 1. The summed E-state index contributed by atoms with van der Waals surface area (Å²) in [6, 6.07) is -0.124. The summed E-state index contributed by atoms with van der Waals surface area (Å²) in [6.07, 6.45) is 3.30. The van der Waals surface area contributed by atoms with E-state index in [1.54, 1.807) is 14.0 Å². The van der Waals surface area contributed by atoms with Crippen molar-refractivity contribution < 1.29 is 13.2 Å². The van der Waals surface area contributed by atoms with Crippen LogP contribution in [-0.4, -0.2) is 49.9 Å². The second-order valence-electron chi connectivity index (χ2n) is 4.80. The average molecular weight is 262 g/mol. The summed E-state index contributed by atoms with van der Waals surface area (Å²) in [5.41, 5.74) is 5.45. The fourth-order valence-electron chi connectivity index (χ4n) is 2.04. The van der Waals surface area contributed by atoms with E-state index in [1.165, 1.54) is 4.90 Å². The van der Waals surface area contributed by atoms with Gasteiger partial charge in [-0.1, -0.05) is 12.8 Å². The number of nitrogens with zero attached hydrogens (tertiary/aromatic N) is 1. The summed E-state index contributed by atoms with van der Waals surface area (Å²) in [7, 11) is -1.68. The summed E-state index contributed by atoms with van der Waals surface area (Å²) in [5.74, 6) is -0.728. The smallest absolute Gasteiger partial charge is 0.237 e. The Labute approximate surface area is 103 Å². The SMILES string of the molecule is CC(CN)N(C)C(=O)CS(=O)(=O)C1CCCC1. The molecule has 100 valence electrons. The Kier molecular flexibility index (Phi) is 4.94. The Balaban J connectivity index is 2.61. The standard InChI is InChI=1S/C11H22N2O3S/c1-9(7-12)13(2)11(14)8-17(15,16)10-5-3-4-6-10/h9-10H,3-8,12H2,1-2H3. The third kappa shape index (κ3) is 3.67. The van der Waals surface area contributed by atoms with Crippen LogP contribution in [0.15, 0.2) is 0 Å². The molecule has 0 aromatic carbocycles. The quantitative estimate of drug-likeness (QED) is 0.764. The van der Waals surface area contributed by atoms with Crippen molar-refractivity contribution >= 4 is 15.7 Å². The van der Waals surface area contributed by atoms with E-state index in [0.29, 0.717) is 19.4 Å². The number of sulfone groups is 1. The van der Waals surface area contributed by atoms with Crippen molar-refractivity contribution in [3.63, 3.8) is 0 Å². The highest BCUT2D eigenvalue weighted by molar-refractivity contribution is 7.92. The Morgan fingerprint density at radius 3 is 2.41 bits per heavy atom. The van der Waals surface area contributed by atoms with Gasteiger partial charge in [-0.15, -0.1) is 0 Å². The van der Waals surface area contributed by atoms with Crippen molar-refractivity contribution in [3.05, 3.63) is 0 Å². The van der Waals surface area contributed by atoms with Gasteiger partial charge < -0.3 is 10.6 Å². The van der Waals surface area contributed by atoms with E-state index < -0.39 is 9.84 Å². The zero-order chi connectivity index (χ0) is 13.1. The zero-order valence-electron chi connectivity index (χ0n) is 10.6. The van der Waals surface area contributed by atoms with Crippen LogP contribution in [0.3, 0.4) is 0 Å². The van der Waals surface area contributed by atoms with Gasteiger partial charge in [0.15, 0.2) is 9.84 Å². The van der Waals surface area contributed by atoms with Crippen LogP contribution < -0.4 is 5.73 Å². The molecule has 1 saturated carbocycles. The number of hydrogen-bond donors (Lipinski definition) is 1. The molecule has 0 bridgehead atoms. The van der Waals surface area contributed by atoms with Crippen molar-refractivity contribution in [1.29, 1.82) is 0 Å². The summed E-state index contributed by atoms with van der Waals surface area (Å²) < 4.78 is 24.0. The molecule has 1 rings (SSSR count). The maximum Gasteiger partial charge on any atom is 0.237 e. The summed E-state index contributed by atoms with van der Waals surface area (Å²) >= 11 is 0. The third-order valence-corrected chi connectivity index (χ3v) is 5.67. The molecule has 0 aromatic heterocycles. The van der Waals surface area contributed by atoms with Gasteiger partial charge >= 0.3 is 0 Å². The molecule has 0 heterocycles. The molecule has 1 atom stereocenters. The Morgan fingerprint density at radius 2 is 1.94 bits per heavy atom. The zero-order valence-corrected chi connectivity index (χ0v) is 11.4. The van der Waals surface area contributed by atoms with Gasteiger partial charge in [0.25, 0.3) is 0 Å². The van der Waals surface area contributed by atoms with Crippen molar-refractivity contribution in [2.45, 2.75) is 43.9 Å². The molecule has 5 nitrogen and oxygen atoms in total. The normalized spacial score (nSPS) is 19.2. The van der Waals surface area contributed by atoms with E-state index >= 15 is 0 Å². The van der Waals surface area contributed by atoms with E-state index in [1.807, 2.05) is 0 Å². The minimum atomic E-state index is -3.28. The summed E-state index contributed by atoms with van der Waals surface area (Å²) in [6.45, 7) is 2.14. The van der Waals surface area contributed by atoms with E-state index in [4.69, 9.17) is 5.73 Å². The summed E-state index contributed by atoms with van der Waals surface area (Å²) in [5, 5.41) is -0.312. The lowest BCUT2D eigenvalue weighted by Crippen LogP contribution is -2.43. The first-order valence-electron chi connectivity index (χ1n) is 6.05. The number of nitrogens with two attached hydrogens (primary N) is 1. The van der Waals surface area contributed by atoms with E-state index in [0.717, 1.165) is 12.8 Å². The monoisotopic (exact) mass is 262 g/mol. The molecular formula is C11H22N2O3S. The number of likely N-dealkylation sites (N-methyl/N-ethyl adjacent to an activating group) is 1. The van der Waals surface area contributed by atoms with Crippen molar-refractivity contribution in [3.8, 4) is 0 Å². The molecule has 1 unspecified atom stereocenters. The largest absolute Gasteiger partial charge is 0.341 e. The second-order valence-corrected chi connectivity index (χ2v) is 7.08. The number of carbonyl (C=O) groups is 1. The van der Waals surface area contributed by atoms with Crippen LogP contribution in [0.4, 0.5) is 0 Å². The molecule has 1 amide bonds. The third-order valence-electron chi connectivity index (χ3n) is 3.53. The molecule has 6 heteroatoms. The lowest BCUT2D eigenvalue weighted by Gasteiger charge is -2.24. The molecule has 1 aliphatic carbocycles. The van der Waals surface area contributed by atoms with Gasteiger partial charge in [-0.05, 0) is 19.8 Å². The fourth-order valence-corrected chi connectivity index (χ4v) is 3.88. The molecule has 1 fully saturated rings. The Bertz CT molecular complexity index is 361. The van der Waals surface area contributed by atoms with Gasteiger partial charge in [-0.25, -0.2) is 8.42 Å².